The van der Waals surface area contributed by atoms with E-state index in [-0.39, 0.29) is 5.60 Å². The highest BCUT2D eigenvalue weighted by Gasteiger charge is 2.15. The highest BCUT2D eigenvalue weighted by atomic mass is 16.5. The van der Waals surface area contributed by atoms with E-state index in [1.54, 1.807) is 14.2 Å². The van der Waals surface area contributed by atoms with E-state index in [1.165, 1.54) is 5.56 Å². The zero-order chi connectivity index (χ0) is 12.7. The van der Waals surface area contributed by atoms with Crippen molar-refractivity contribution in [3.8, 4) is 0 Å². The van der Waals surface area contributed by atoms with Gasteiger partial charge in [-0.15, -0.1) is 0 Å². The van der Waals surface area contributed by atoms with E-state index in [4.69, 9.17) is 9.47 Å². The molecule has 96 valence electrons. The molecule has 0 aliphatic heterocycles. The maximum Gasteiger partial charge on any atom is 0.0733 e. The van der Waals surface area contributed by atoms with Crippen molar-refractivity contribution >= 4 is 5.69 Å². The average molecular weight is 237 g/mol. The SMILES string of the molecule is COCc1ccccc1NCCC(C)(C)OC. The molecule has 1 N–H and O–H groups in total. The second-order valence-electron chi connectivity index (χ2n) is 4.73. The number of ether oxygens (including phenoxy) is 2. The molecule has 0 aliphatic carbocycles. The fourth-order valence-corrected chi connectivity index (χ4v) is 1.57. The predicted molar refractivity (Wildman–Crippen MR) is 71.3 cm³/mol. The molecule has 0 saturated heterocycles. The van der Waals surface area contributed by atoms with Crippen LogP contribution in [0.4, 0.5) is 5.69 Å². The lowest BCUT2D eigenvalue weighted by Crippen LogP contribution is -2.25. The minimum absolute atomic E-state index is 0.0802. The largest absolute Gasteiger partial charge is 0.385 e. The van der Waals surface area contributed by atoms with Crippen LogP contribution in [0, 0.1) is 0 Å². The Hall–Kier alpha value is -1.06. The van der Waals surface area contributed by atoms with Crippen molar-refractivity contribution in [2.45, 2.75) is 32.5 Å². The van der Waals surface area contributed by atoms with Crippen molar-refractivity contribution in [2.75, 3.05) is 26.1 Å². The van der Waals surface area contributed by atoms with Crippen molar-refractivity contribution in [3.05, 3.63) is 29.8 Å². The fraction of sp³-hybridized carbons (Fsp3) is 0.571. The van der Waals surface area contributed by atoms with Crippen molar-refractivity contribution in [2.24, 2.45) is 0 Å². The molecule has 0 fully saturated rings. The summed E-state index contributed by atoms with van der Waals surface area (Å²) < 4.78 is 10.6. The molecular formula is C14H23NO2. The monoisotopic (exact) mass is 237 g/mol. The first-order valence-electron chi connectivity index (χ1n) is 5.95. The quantitative estimate of drug-likeness (QED) is 0.790. The van der Waals surface area contributed by atoms with Crippen LogP contribution in [0.25, 0.3) is 0 Å². The smallest absolute Gasteiger partial charge is 0.0733 e. The lowest BCUT2D eigenvalue weighted by atomic mass is 10.1. The van der Waals surface area contributed by atoms with Crippen LogP contribution in [0.3, 0.4) is 0 Å². The van der Waals surface area contributed by atoms with Gasteiger partial charge in [0.05, 0.1) is 12.2 Å². The van der Waals surface area contributed by atoms with Crippen molar-refractivity contribution in [1.29, 1.82) is 0 Å². The van der Waals surface area contributed by atoms with E-state index in [1.807, 2.05) is 12.1 Å². The Kier molecular flexibility index (Phi) is 5.45. The van der Waals surface area contributed by atoms with Crippen molar-refractivity contribution in [1.82, 2.24) is 0 Å². The van der Waals surface area contributed by atoms with Crippen LogP contribution in [-0.4, -0.2) is 26.4 Å². The third kappa shape index (κ3) is 4.75. The summed E-state index contributed by atoms with van der Waals surface area (Å²) in [7, 11) is 3.46. The van der Waals surface area contributed by atoms with Crippen LogP contribution < -0.4 is 5.32 Å². The molecule has 1 rings (SSSR count). The Morgan fingerprint density at radius 1 is 1.18 bits per heavy atom. The number of benzene rings is 1. The van der Waals surface area contributed by atoms with Gasteiger partial charge in [0.15, 0.2) is 0 Å². The molecule has 0 saturated carbocycles. The molecule has 3 heteroatoms. The molecule has 0 heterocycles. The normalized spacial score (nSPS) is 11.5. The molecule has 0 unspecified atom stereocenters. The number of methoxy groups -OCH3 is 2. The van der Waals surface area contributed by atoms with Gasteiger partial charge < -0.3 is 14.8 Å². The summed E-state index contributed by atoms with van der Waals surface area (Å²) in [6.07, 6.45) is 0.963. The molecule has 0 amide bonds. The van der Waals surface area contributed by atoms with Crippen LogP contribution in [0.2, 0.25) is 0 Å². The van der Waals surface area contributed by atoms with Gasteiger partial charge in [0.1, 0.15) is 0 Å². The second kappa shape index (κ2) is 6.62. The Morgan fingerprint density at radius 2 is 1.88 bits per heavy atom. The predicted octanol–water partition coefficient (Wildman–Crippen LogP) is 3.06. The minimum Gasteiger partial charge on any atom is -0.385 e. The highest BCUT2D eigenvalue weighted by Crippen LogP contribution is 2.18. The number of nitrogens with one attached hydrogen (secondary N) is 1. The summed E-state index contributed by atoms with van der Waals surface area (Å²) in [5.74, 6) is 0. The van der Waals surface area contributed by atoms with Gasteiger partial charge in [0.25, 0.3) is 0 Å². The Bertz CT molecular complexity index is 337. The molecule has 0 spiro atoms. The lowest BCUT2D eigenvalue weighted by molar-refractivity contribution is 0.0185. The Morgan fingerprint density at radius 3 is 2.53 bits per heavy atom. The highest BCUT2D eigenvalue weighted by molar-refractivity contribution is 5.50. The first-order valence-corrected chi connectivity index (χ1v) is 5.95. The summed E-state index contributed by atoms with van der Waals surface area (Å²) >= 11 is 0. The third-order valence-corrected chi connectivity index (χ3v) is 2.91. The van der Waals surface area contributed by atoms with Gasteiger partial charge in [0.2, 0.25) is 0 Å². The molecular weight excluding hydrogens is 214 g/mol. The van der Waals surface area contributed by atoms with Crippen LogP contribution in [-0.2, 0) is 16.1 Å². The Labute approximate surface area is 104 Å². The second-order valence-corrected chi connectivity index (χ2v) is 4.73. The van der Waals surface area contributed by atoms with Gasteiger partial charge in [-0.3, -0.25) is 0 Å². The van der Waals surface area contributed by atoms with Crippen molar-refractivity contribution < 1.29 is 9.47 Å². The first kappa shape index (κ1) is 14.0. The summed E-state index contributed by atoms with van der Waals surface area (Å²) in [4.78, 5) is 0. The molecule has 0 aliphatic rings. The first-order chi connectivity index (χ1) is 8.09. The van der Waals surface area contributed by atoms with E-state index in [9.17, 15) is 0 Å². The summed E-state index contributed by atoms with van der Waals surface area (Å²) in [6.45, 7) is 5.71. The molecule has 0 aromatic heterocycles. The lowest BCUT2D eigenvalue weighted by Gasteiger charge is -2.23. The van der Waals surface area contributed by atoms with E-state index in [2.05, 4.69) is 31.3 Å². The topological polar surface area (TPSA) is 30.5 Å². The van der Waals surface area contributed by atoms with E-state index in [0.29, 0.717) is 6.61 Å². The van der Waals surface area contributed by atoms with E-state index in [0.717, 1.165) is 18.7 Å². The van der Waals surface area contributed by atoms with Crippen LogP contribution in [0.15, 0.2) is 24.3 Å². The molecule has 17 heavy (non-hydrogen) atoms. The number of rotatable bonds is 7. The van der Waals surface area contributed by atoms with Crippen molar-refractivity contribution in [3.63, 3.8) is 0 Å². The van der Waals surface area contributed by atoms with Crippen LogP contribution in [0.1, 0.15) is 25.8 Å². The third-order valence-electron chi connectivity index (χ3n) is 2.91. The average Bonchev–Trinajstić information content (AvgIpc) is 2.31. The van der Waals surface area contributed by atoms with Crippen LogP contribution in [0.5, 0.6) is 0 Å². The van der Waals surface area contributed by atoms with E-state index >= 15 is 0 Å². The van der Waals surface area contributed by atoms with E-state index < -0.39 is 0 Å². The number of anilines is 1. The molecule has 3 nitrogen and oxygen atoms in total. The number of para-hydroxylation sites is 1. The molecule has 0 bridgehead atoms. The van der Waals surface area contributed by atoms with Gasteiger partial charge in [0, 0.05) is 32.0 Å². The van der Waals surface area contributed by atoms with Crippen LogP contribution >= 0.6 is 0 Å². The molecule has 0 atom stereocenters. The standard InChI is InChI=1S/C14H23NO2/c1-14(2,17-4)9-10-15-13-8-6-5-7-12(13)11-16-3/h5-8,15H,9-11H2,1-4H3. The number of hydrogen-bond acceptors (Lipinski definition) is 3. The summed E-state index contributed by atoms with van der Waals surface area (Å²) in [5.41, 5.74) is 2.25. The van der Waals surface area contributed by atoms with Gasteiger partial charge in [-0.1, -0.05) is 18.2 Å². The molecule has 1 aromatic carbocycles. The number of hydrogen-bond donors (Lipinski definition) is 1. The summed E-state index contributed by atoms with van der Waals surface area (Å²) in [5, 5.41) is 3.43. The maximum atomic E-state index is 5.39. The molecule has 0 radical (unpaired) electrons. The minimum atomic E-state index is -0.0802. The van der Waals surface area contributed by atoms with Gasteiger partial charge >= 0.3 is 0 Å². The maximum absolute atomic E-state index is 5.39. The fourth-order valence-electron chi connectivity index (χ4n) is 1.57. The summed E-state index contributed by atoms with van der Waals surface area (Å²) in [6, 6.07) is 8.21. The zero-order valence-corrected chi connectivity index (χ0v) is 11.2. The van der Waals surface area contributed by atoms with Gasteiger partial charge in [-0.2, -0.15) is 0 Å². The Balaban J connectivity index is 2.51. The van der Waals surface area contributed by atoms with Gasteiger partial charge in [-0.25, -0.2) is 0 Å². The zero-order valence-electron chi connectivity index (χ0n) is 11.2. The van der Waals surface area contributed by atoms with Gasteiger partial charge in [-0.05, 0) is 26.3 Å². The molecule has 1 aromatic rings.